The molecule has 0 fully saturated rings. The van der Waals surface area contributed by atoms with Gasteiger partial charge >= 0.3 is 0 Å². The lowest BCUT2D eigenvalue weighted by molar-refractivity contribution is 0.0936. The summed E-state index contributed by atoms with van der Waals surface area (Å²) in [5, 5.41) is 5.81. The van der Waals surface area contributed by atoms with Crippen LogP contribution in [0, 0.1) is 6.92 Å². The van der Waals surface area contributed by atoms with Crippen LogP contribution in [0.1, 0.15) is 52.5 Å². The van der Waals surface area contributed by atoms with Gasteiger partial charge in [-0.15, -0.1) is 0 Å². The van der Waals surface area contributed by atoms with Crippen LogP contribution in [0.4, 0.5) is 0 Å². The van der Waals surface area contributed by atoms with Gasteiger partial charge in [0.05, 0.1) is 5.52 Å². The quantitative estimate of drug-likeness (QED) is 0.706. The molecule has 0 aliphatic carbocycles. The van der Waals surface area contributed by atoms with Gasteiger partial charge in [-0.2, -0.15) is 0 Å². The third-order valence-corrected chi connectivity index (χ3v) is 4.66. The predicted octanol–water partition coefficient (Wildman–Crippen LogP) is 3.10. The normalized spacial score (nSPS) is 12.0. The molecular weight excluding hydrogens is 340 g/mol. The number of hydrogen-bond donors (Lipinski definition) is 2. The molecule has 3 rings (SSSR count). The van der Waals surface area contributed by atoms with Crippen molar-refractivity contribution in [3.8, 4) is 0 Å². The van der Waals surface area contributed by atoms with Gasteiger partial charge in [0.15, 0.2) is 5.69 Å². The van der Waals surface area contributed by atoms with Crippen LogP contribution in [0.3, 0.4) is 0 Å². The zero-order valence-electron chi connectivity index (χ0n) is 15.8. The number of rotatable bonds is 6. The van der Waals surface area contributed by atoms with Gasteiger partial charge < -0.3 is 10.6 Å². The van der Waals surface area contributed by atoms with Crippen LogP contribution >= 0.6 is 0 Å². The fourth-order valence-corrected chi connectivity index (χ4v) is 2.82. The van der Waals surface area contributed by atoms with Gasteiger partial charge in [0, 0.05) is 18.8 Å². The average Bonchev–Trinajstić information content (AvgIpc) is 3.07. The number of amides is 2. The van der Waals surface area contributed by atoms with Crippen molar-refractivity contribution in [3.63, 3.8) is 0 Å². The zero-order chi connectivity index (χ0) is 19.4. The van der Waals surface area contributed by atoms with Gasteiger partial charge in [0.1, 0.15) is 0 Å². The Kier molecular flexibility index (Phi) is 5.54. The fourth-order valence-electron chi connectivity index (χ4n) is 2.82. The van der Waals surface area contributed by atoms with E-state index in [4.69, 9.17) is 0 Å². The second-order valence-electron chi connectivity index (χ2n) is 6.63. The molecule has 0 spiro atoms. The maximum absolute atomic E-state index is 12.7. The maximum atomic E-state index is 12.7. The smallest absolute Gasteiger partial charge is 0.287 e. The van der Waals surface area contributed by atoms with Crippen LogP contribution in [0.15, 0.2) is 48.7 Å². The summed E-state index contributed by atoms with van der Waals surface area (Å²) in [5.74, 6) is -0.387. The summed E-state index contributed by atoms with van der Waals surface area (Å²) < 4.78 is 1.65. The van der Waals surface area contributed by atoms with Crippen molar-refractivity contribution in [1.82, 2.24) is 20.0 Å². The molecule has 1 unspecified atom stereocenters. The first-order chi connectivity index (χ1) is 13.0. The Bertz CT molecular complexity index is 977. The summed E-state index contributed by atoms with van der Waals surface area (Å²) in [7, 11) is 0. The van der Waals surface area contributed by atoms with Gasteiger partial charge in [-0.3, -0.25) is 14.0 Å². The number of aryl methyl sites for hydroxylation is 1. The summed E-state index contributed by atoms with van der Waals surface area (Å²) in [4.78, 5) is 29.7. The van der Waals surface area contributed by atoms with Gasteiger partial charge in [0.2, 0.25) is 5.82 Å². The number of carbonyl (C=O) groups excluding carboxylic acids is 2. The van der Waals surface area contributed by atoms with Crippen molar-refractivity contribution in [3.05, 3.63) is 71.3 Å². The number of fused-ring (bicyclic) bond motifs is 1. The average molecular weight is 364 g/mol. The third kappa shape index (κ3) is 4.00. The van der Waals surface area contributed by atoms with E-state index in [2.05, 4.69) is 15.6 Å². The molecule has 0 radical (unpaired) electrons. The van der Waals surface area contributed by atoms with Gasteiger partial charge in [-0.25, -0.2) is 4.98 Å². The molecule has 2 aromatic heterocycles. The Labute approximate surface area is 158 Å². The van der Waals surface area contributed by atoms with E-state index in [1.165, 1.54) is 0 Å². The highest BCUT2D eigenvalue weighted by atomic mass is 16.2. The number of pyridine rings is 1. The highest BCUT2D eigenvalue weighted by Gasteiger charge is 2.22. The Morgan fingerprint density at radius 3 is 2.59 bits per heavy atom. The van der Waals surface area contributed by atoms with Crippen LogP contribution in [0.2, 0.25) is 0 Å². The molecule has 2 N–H and O–H groups in total. The second-order valence-corrected chi connectivity index (χ2v) is 6.63. The van der Waals surface area contributed by atoms with Crippen molar-refractivity contribution in [2.75, 3.05) is 0 Å². The molecule has 0 aliphatic heterocycles. The molecule has 0 aliphatic rings. The van der Waals surface area contributed by atoms with E-state index in [0.29, 0.717) is 12.1 Å². The van der Waals surface area contributed by atoms with Crippen molar-refractivity contribution >= 4 is 17.3 Å². The van der Waals surface area contributed by atoms with Crippen molar-refractivity contribution in [2.24, 2.45) is 0 Å². The first kappa shape index (κ1) is 18.6. The highest BCUT2D eigenvalue weighted by Crippen LogP contribution is 2.14. The largest absolute Gasteiger partial charge is 0.348 e. The highest BCUT2D eigenvalue weighted by molar-refractivity contribution is 6.02. The molecular formula is C21H24N4O2. The Balaban J connectivity index is 1.87. The van der Waals surface area contributed by atoms with E-state index in [1.54, 1.807) is 16.7 Å². The summed E-state index contributed by atoms with van der Waals surface area (Å²) in [6, 6.07) is 13.3. The second kappa shape index (κ2) is 8.03. The lowest BCUT2D eigenvalue weighted by Crippen LogP contribution is -2.32. The standard InChI is InChI=1S/C21H24N4O2/c1-4-15(3)23-20(26)18-17-11-7-8-12-25(17)19(24-18)21(27)22-13-16-10-6-5-9-14(16)2/h5-12,15H,4,13H2,1-3H3,(H,22,27)(H,23,26). The first-order valence-electron chi connectivity index (χ1n) is 9.12. The molecule has 6 heteroatoms. The minimum absolute atomic E-state index is 0.0382. The van der Waals surface area contributed by atoms with E-state index in [-0.39, 0.29) is 29.4 Å². The number of nitrogens with zero attached hydrogens (tertiary/aromatic N) is 2. The van der Waals surface area contributed by atoms with E-state index in [9.17, 15) is 9.59 Å². The molecule has 6 nitrogen and oxygen atoms in total. The minimum atomic E-state index is -0.318. The summed E-state index contributed by atoms with van der Waals surface area (Å²) in [6.07, 6.45) is 2.56. The molecule has 2 amide bonds. The monoisotopic (exact) mass is 364 g/mol. The van der Waals surface area contributed by atoms with Gasteiger partial charge in [0.25, 0.3) is 11.8 Å². The van der Waals surface area contributed by atoms with Crippen LogP contribution < -0.4 is 10.6 Å². The number of carbonyl (C=O) groups is 2. The number of benzene rings is 1. The van der Waals surface area contributed by atoms with E-state index in [1.807, 2.05) is 57.2 Å². The first-order valence-corrected chi connectivity index (χ1v) is 9.12. The van der Waals surface area contributed by atoms with Crippen LogP contribution in [0.25, 0.3) is 5.52 Å². The van der Waals surface area contributed by atoms with E-state index < -0.39 is 0 Å². The van der Waals surface area contributed by atoms with Gasteiger partial charge in [-0.1, -0.05) is 37.3 Å². The molecule has 1 aromatic carbocycles. The van der Waals surface area contributed by atoms with E-state index >= 15 is 0 Å². The Morgan fingerprint density at radius 1 is 1.11 bits per heavy atom. The zero-order valence-corrected chi connectivity index (χ0v) is 15.8. The van der Waals surface area contributed by atoms with Crippen LogP contribution in [-0.4, -0.2) is 27.2 Å². The third-order valence-electron chi connectivity index (χ3n) is 4.66. The van der Waals surface area contributed by atoms with E-state index in [0.717, 1.165) is 17.5 Å². The lowest BCUT2D eigenvalue weighted by atomic mass is 10.1. The minimum Gasteiger partial charge on any atom is -0.348 e. The maximum Gasteiger partial charge on any atom is 0.287 e. The SMILES string of the molecule is CCC(C)NC(=O)c1nc(C(=O)NCc2ccccc2C)n2ccccc12. The molecule has 27 heavy (non-hydrogen) atoms. The Morgan fingerprint density at radius 2 is 1.85 bits per heavy atom. The number of aromatic nitrogens is 2. The topological polar surface area (TPSA) is 75.5 Å². The number of hydrogen-bond acceptors (Lipinski definition) is 3. The fraction of sp³-hybridized carbons (Fsp3) is 0.286. The molecule has 0 bridgehead atoms. The summed E-state index contributed by atoms with van der Waals surface area (Å²) in [5.41, 5.74) is 3.03. The number of imidazole rings is 1. The Hall–Kier alpha value is -3.15. The number of nitrogens with one attached hydrogen (secondary N) is 2. The van der Waals surface area contributed by atoms with Crippen molar-refractivity contribution < 1.29 is 9.59 Å². The molecule has 0 saturated carbocycles. The molecule has 2 heterocycles. The lowest BCUT2D eigenvalue weighted by Gasteiger charge is -2.09. The van der Waals surface area contributed by atoms with Crippen molar-refractivity contribution in [2.45, 2.75) is 39.8 Å². The predicted molar refractivity (Wildman–Crippen MR) is 105 cm³/mol. The molecule has 0 saturated heterocycles. The van der Waals surface area contributed by atoms with Crippen LogP contribution in [0.5, 0.6) is 0 Å². The van der Waals surface area contributed by atoms with Crippen molar-refractivity contribution in [1.29, 1.82) is 0 Å². The molecule has 140 valence electrons. The summed E-state index contributed by atoms with van der Waals surface area (Å²) >= 11 is 0. The molecule has 3 aromatic rings. The summed E-state index contributed by atoms with van der Waals surface area (Å²) in [6.45, 7) is 6.35. The molecule has 1 atom stereocenters. The van der Waals surface area contributed by atoms with Gasteiger partial charge in [-0.05, 0) is 43.5 Å². The van der Waals surface area contributed by atoms with Crippen LogP contribution in [-0.2, 0) is 6.54 Å².